The highest BCUT2D eigenvalue weighted by molar-refractivity contribution is 6.05. The summed E-state index contributed by atoms with van der Waals surface area (Å²) in [5.74, 6) is -2.53. The van der Waals surface area contributed by atoms with Crippen molar-refractivity contribution in [3.05, 3.63) is 54.3 Å². The minimum absolute atomic E-state index is 0.0627. The average Bonchev–Trinajstić information content (AvgIpc) is 3.06. The van der Waals surface area contributed by atoms with Crippen LogP contribution in [0.15, 0.2) is 52.9 Å². The SMILES string of the molecule is COc1cc(NC(=O)C(F)(F)F)ccc1NC(=O)c1cc2ccccc2o1. The highest BCUT2D eigenvalue weighted by Gasteiger charge is 2.38. The van der Waals surface area contributed by atoms with E-state index in [9.17, 15) is 22.8 Å². The van der Waals surface area contributed by atoms with E-state index in [-0.39, 0.29) is 22.9 Å². The van der Waals surface area contributed by atoms with Gasteiger partial charge in [-0.15, -0.1) is 0 Å². The van der Waals surface area contributed by atoms with Crippen LogP contribution < -0.4 is 15.4 Å². The molecule has 0 saturated heterocycles. The molecule has 1 heterocycles. The van der Waals surface area contributed by atoms with E-state index >= 15 is 0 Å². The zero-order chi connectivity index (χ0) is 19.6. The van der Waals surface area contributed by atoms with Gasteiger partial charge in [-0.1, -0.05) is 18.2 Å². The molecular weight excluding hydrogens is 365 g/mol. The molecular formula is C18H13F3N2O4. The van der Waals surface area contributed by atoms with Crippen LogP contribution in [0.4, 0.5) is 24.5 Å². The fraction of sp³-hybridized carbons (Fsp3) is 0.111. The van der Waals surface area contributed by atoms with Gasteiger partial charge in [-0.3, -0.25) is 9.59 Å². The second-order valence-electron chi connectivity index (χ2n) is 5.47. The molecule has 3 rings (SSSR count). The maximum absolute atomic E-state index is 12.4. The molecule has 1 aromatic heterocycles. The molecule has 0 aliphatic rings. The summed E-state index contributed by atoms with van der Waals surface area (Å²) in [6.45, 7) is 0. The van der Waals surface area contributed by atoms with E-state index < -0.39 is 18.0 Å². The number of hydrogen-bond donors (Lipinski definition) is 2. The van der Waals surface area contributed by atoms with Crippen LogP contribution in [0, 0.1) is 0 Å². The van der Waals surface area contributed by atoms with E-state index in [2.05, 4.69) is 5.32 Å². The van der Waals surface area contributed by atoms with Gasteiger partial charge in [-0.2, -0.15) is 13.2 Å². The molecule has 0 aliphatic heterocycles. The van der Waals surface area contributed by atoms with Crippen molar-refractivity contribution in [3.63, 3.8) is 0 Å². The first-order valence-electron chi connectivity index (χ1n) is 7.64. The maximum atomic E-state index is 12.4. The lowest BCUT2D eigenvalue weighted by atomic mass is 10.2. The van der Waals surface area contributed by atoms with Crippen LogP contribution in [0.25, 0.3) is 11.0 Å². The quantitative estimate of drug-likeness (QED) is 0.713. The Kier molecular flexibility index (Phi) is 4.76. The average molecular weight is 378 g/mol. The van der Waals surface area contributed by atoms with Crippen molar-refractivity contribution >= 4 is 34.2 Å². The third kappa shape index (κ3) is 4.02. The molecule has 3 aromatic rings. The van der Waals surface area contributed by atoms with E-state index in [1.165, 1.54) is 19.2 Å². The minimum atomic E-state index is -5.01. The number of alkyl halides is 3. The molecule has 0 aliphatic carbocycles. The van der Waals surface area contributed by atoms with Gasteiger partial charge in [0, 0.05) is 17.1 Å². The van der Waals surface area contributed by atoms with Gasteiger partial charge >= 0.3 is 12.1 Å². The molecule has 0 bridgehead atoms. The summed E-state index contributed by atoms with van der Waals surface area (Å²) in [4.78, 5) is 23.4. The Hall–Kier alpha value is -3.49. The number of nitrogens with one attached hydrogen (secondary N) is 2. The Morgan fingerprint density at radius 2 is 1.78 bits per heavy atom. The van der Waals surface area contributed by atoms with Crippen LogP contribution in [0.1, 0.15) is 10.6 Å². The van der Waals surface area contributed by atoms with Crippen LogP contribution in [-0.2, 0) is 4.79 Å². The maximum Gasteiger partial charge on any atom is 0.471 e. The second kappa shape index (κ2) is 7.02. The molecule has 0 unspecified atom stereocenters. The zero-order valence-corrected chi connectivity index (χ0v) is 13.9. The van der Waals surface area contributed by atoms with Crippen molar-refractivity contribution in [1.29, 1.82) is 0 Å². The van der Waals surface area contributed by atoms with Gasteiger partial charge in [-0.25, -0.2) is 0 Å². The van der Waals surface area contributed by atoms with Crippen LogP contribution in [0.5, 0.6) is 5.75 Å². The van der Waals surface area contributed by atoms with Crippen LogP contribution in [0.3, 0.4) is 0 Å². The van der Waals surface area contributed by atoms with Gasteiger partial charge in [0.2, 0.25) is 0 Å². The molecule has 27 heavy (non-hydrogen) atoms. The lowest BCUT2D eigenvalue weighted by Gasteiger charge is -2.13. The molecule has 2 N–H and O–H groups in total. The fourth-order valence-electron chi connectivity index (χ4n) is 2.35. The van der Waals surface area contributed by atoms with Crippen molar-refractivity contribution < 1.29 is 31.9 Å². The standard InChI is InChI=1S/C18H13F3N2O4/c1-26-14-9-11(22-17(25)18(19,20)21)6-7-12(14)23-16(24)15-8-10-4-2-3-5-13(10)27-15/h2-9H,1H3,(H,22,25)(H,23,24). The Balaban J connectivity index is 1.79. The number of para-hydroxylation sites is 1. The highest BCUT2D eigenvalue weighted by atomic mass is 19.4. The summed E-state index contributed by atoms with van der Waals surface area (Å²) in [5.41, 5.74) is 0.615. The van der Waals surface area contributed by atoms with Crippen molar-refractivity contribution in [2.45, 2.75) is 6.18 Å². The molecule has 0 saturated carbocycles. The van der Waals surface area contributed by atoms with Crippen molar-refractivity contribution in [2.75, 3.05) is 17.7 Å². The molecule has 140 valence electrons. The summed E-state index contributed by atoms with van der Waals surface area (Å²) in [6.07, 6.45) is -5.01. The monoisotopic (exact) mass is 378 g/mol. The summed E-state index contributed by atoms with van der Waals surface area (Å²) in [5, 5.41) is 5.02. The third-order valence-corrected chi connectivity index (χ3v) is 3.61. The van der Waals surface area contributed by atoms with E-state index in [4.69, 9.17) is 9.15 Å². The number of carbonyl (C=O) groups is 2. The molecule has 2 amide bonds. The molecule has 0 radical (unpaired) electrons. The number of hydrogen-bond acceptors (Lipinski definition) is 4. The van der Waals surface area contributed by atoms with E-state index in [1.54, 1.807) is 35.6 Å². The number of rotatable bonds is 4. The molecule has 2 aromatic carbocycles. The van der Waals surface area contributed by atoms with E-state index in [0.717, 1.165) is 11.5 Å². The topological polar surface area (TPSA) is 80.6 Å². The van der Waals surface area contributed by atoms with Crippen LogP contribution in [-0.4, -0.2) is 25.1 Å². The molecule has 0 atom stereocenters. The van der Waals surface area contributed by atoms with Gasteiger partial charge in [0.05, 0.1) is 12.8 Å². The number of ether oxygens (including phenoxy) is 1. The predicted molar refractivity (Wildman–Crippen MR) is 91.8 cm³/mol. The lowest BCUT2D eigenvalue weighted by molar-refractivity contribution is -0.167. The number of halogens is 3. The summed E-state index contributed by atoms with van der Waals surface area (Å²) in [6, 6.07) is 12.3. The number of benzene rings is 2. The third-order valence-electron chi connectivity index (χ3n) is 3.61. The number of fused-ring (bicyclic) bond motifs is 1. The summed E-state index contributed by atoms with van der Waals surface area (Å²) < 4.78 is 47.5. The first-order chi connectivity index (χ1) is 12.8. The molecule has 9 heteroatoms. The Morgan fingerprint density at radius 3 is 2.44 bits per heavy atom. The van der Waals surface area contributed by atoms with Crippen molar-refractivity contribution in [3.8, 4) is 5.75 Å². The smallest absolute Gasteiger partial charge is 0.471 e. The molecule has 0 spiro atoms. The molecule has 0 fully saturated rings. The van der Waals surface area contributed by atoms with Gasteiger partial charge in [0.15, 0.2) is 5.76 Å². The van der Waals surface area contributed by atoms with Crippen molar-refractivity contribution in [2.24, 2.45) is 0 Å². The van der Waals surface area contributed by atoms with Gasteiger partial charge < -0.3 is 19.8 Å². The number of methoxy groups -OCH3 is 1. The van der Waals surface area contributed by atoms with Crippen LogP contribution in [0.2, 0.25) is 0 Å². The first-order valence-corrected chi connectivity index (χ1v) is 7.64. The van der Waals surface area contributed by atoms with Crippen LogP contribution >= 0.6 is 0 Å². The summed E-state index contributed by atoms with van der Waals surface area (Å²) >= 11 is 0. The Morgan fingerprint density at radius 1 is 1.04 bits per heavy atom. The normalized spacial score (nSPS) is 11.3. The van der Waals surface area contributed by atoms with E-state index in [0.29, 0.717) is 5.58 Å². The molecule has 6 nitrogen and oxygen atoms in total. The second-order valence-corrected chi connectivity index (χ2v) is 5.47. The first kappa shape index (κ1) is 18.3. The predicted octanol–water partition coefficient (Wildman–Crippen LogP) is 4.19. The number of anilines is 2. The zero-order valence-electron chi connectivity index (χ0n) is 13.9. The fourth-order valence-corrected chi connectivity index (χ4v) is 2.35. The number of furan rings is 1. The summed E-state index contributed by atoms with van der Waals surface area (Å²) in [7, 11) is 1.28. The highest BCUT2D eigenvalue weighted by Crippen LogP contribution is 2.30. The van der Waals surface area contributed by atoms with Gasteiger partial charge in [-0.05, 0) is 24.3 Å². The van der Waals surface area contributed by atoms with E-state index in [1.807, 2.05) is 0 Å². The Labute approximate surface area is 150 Å². The van der Waals surface area contributed by atoms with Gasteiger partial charge in [0.1, 0.15) is 11.3 Å². The number of carbonyl (C=O) groups excluding carboxylic acids is 2. The van der Waals surface area contributed by atoms with Crippen molar-refractivity contribution in [1.82, 2.24) is 0 Å². The number of amides is 2. The van der Waals surface area contributed by atoms with Gasteiger partial charge in [0.25, 0.3) is 5.91 Å². The Bertz CT molecular complexity index is 978. The minimum Gasteiger partial charge on any atom is -0.494 e. The largest absolute Gasteiger partial charge is 0.494 e. The lowest BCUT2D eigenvalue weighted by Crippen LogP contribution is -2.29.